The average Bonchev–Trinajstić information content (AvgIpc) is 2.73. The second-order valence-corrected chi connectivity index (χ2v) is 6.23. The molecule has 0 aliphatic heterocycles. The lowest BCUT2D eigenvalue weighted by molar-refractivity contribution is -0.146. The van der Waals surface area contributed by atoms with E-state index in [9.17, 15) is 9.59 Å². The minimum Gasteiger partial charge on any atom is -0.459 e. The predicted molar refractivity (Wildman–Crippen MR) is 105 cm³/mol. The van der Waals surface area contributed by atoms with Gasteiger partial charge in [-0.2, -0.15) is 0 Å². The van der Waals surface area contributed by atoms with Crippen LogP contribution in [0.5, 0.6) is 0 Å². The summed E-state index contributed by atoms with van der Waals surface area (Å²) in [5.74, 6) is -0.771. The number of hydrogen-bond acceptors (Lipinski definition) is 3. The summed E-state index contributed by atoms with van der Waals surface area (Å²) in [7, 11) is 0. The number of ether oxygens (including phenoxy) is 1. The highest BCUT2D eigenvalue weighted by Crippen LogP contribution is 2.19. The maximum absolute atomic E-state index is 12.4. The molecule has 0 radical (unpaired) electrons. The monoisotopic (exact) mass is 359 g/mol. The summed E-state index contributed by atoms with van der Waals surface area (Å²) in [5.41, 5.74) is 3.52. The van der Waals surface area contributed by atoms with E-state index in [2.05, 4.69) is 5.32 Å². The van der Waals surface area contributed by atoms with Crippen LogP contribution >= 0.6 is 0 Å². The quantitative estimate of drug-likeness (QED) is 0.671. The van der Waals surface area contributed by atoms with Crippen LogP contribution in [0.3, 0.4) is 0 Å². The van der Waals surface area contributed by atoms with Crippen molar-refractivity contribution in [3.63, 3.8) is 0 Å². The van der Waals surface area contributed by atoms with Crippen molar-refractivity contribution >= 4 is 11.9 Å². The van der Waals surface area contributed by atoms with Gasteiger partial charge in [0.15, 0.2) is 0 Å². The van der Waals surface area contributed by atoms with Crippen molar-refractivity contribution in [3.8, 4) is 11.1 Å². The second-order valence-electron chi connectivity index (χ2n) is 6.23. The maximum atomic E-state index is 12.4. The van der Waals surface area contributed by atoms with Crippen molar-refractivity contribution in [1.29, 1.82) is 0 Å². The summed E-state index contributed by atoms with van der Waals surface area (Å²) in [4.78, 5) is 24.4. The lowest BCUT2D eigenvalue weighted by Gasteiger charge is -2.14. The first-order chi connectivity index (χ1) is 13.1. The molecular weight excluding hydrogens is 338 g/mol. The van der Waals surface area contributed by atoms with Crippen LogP contribution in [0.15, 0.2) is 84.9 Å². The number of carbonyl (C=O) groups is 2. The number of amides is 1. The van der Waals surface area contributed by atoms with Crippen LogP contribution in [0.4, 0.5) is 0 Å². The lowest BCUT2D eigenvalue weighted by Crippen LogP contribution is -2.39. The fourth-order valence-corrected chi connectivity index (χ4v) is 2.64. The Kier molecular flexibility index (Phi) is 6.00. The van der Waals surface area contributed by atoms with E-state index in [4.69, 9.17) is 4.74 Å². The van der Waals surface area contributed by atoms with Gasteiger partial charge in [-0.05, 0) is 35.7 Å². The number of rotatable bonds is 6. The van der Waals surface area contributed by atoms with Crippen molar-refractivity contribution in [1.82, 2.24) is 5.32 Å². The molecule has 3 aromatic carbocycles. The highest BCUT2D eigenvalue weighted by atomic mass is 16.5. The topological polar surface area (TPSA) is 55.4 Å². The Hall–Kier alpha value is -3.40. The highest BCUT2D eigenvalue weighted by Gasteiger charge is 2.18. The van der Waals surface area contributed by atoms with Crippen LogP contribution in [0, 0.1) is 0 Å². The Morgan fingerprint density at radius 2 is 1.37 bits per heavy atom. The highest BCUT2D eigenvalue weighted by molar-refractivity contribution is 5.97. The Labute approximate surface area is 158 Å². The zero-order chi connectivity index (χ0) is 19.1. The number of benzene rings is 3. The van der Waals surface area contributed by atoms with Crippen LogP contribution < -0.4 is 5.32 Å². The predicted octanol–water partition coefficient (Wildman–Crippen LogP) is 4.22. The van der Waals surface area contributed by atoms with Gasteiger partial charge >= 0.3 is 5.97 Å². The molecule has 4 heteroatoms. The molecule has 1 amide bonds. The maximum Gasteiger partial charge on any atom is 0.328 e. The molecule has 136 valence electrons. The molecule has 27 heavy (non-hydrogen) atoms. The molecule has 0 aliphatic carbocycles. The van der Waals surface area contributed by atoms with E-state index in [1.54, 1.807) is 19.1 Å². The lowest BCUT2D eigenvalue weighted by atomic mass is 10.0. The molecular formula is C23H21NO3. The van der Waals surface area contributed by atoms with Crippen LogP contribution in [0.2, 0.25) is 0 Å². The van der Waals surface area contributed by atoms with E-state index >= 15 is 0 Å². The summed E-state index contributed by atoms with van der Waals surface area (Å²) in [6.07, 6.45) is 0. The minimum atomic E-state index is -0.727. The van der Waals surface area contributed by atoms with Gasteiger partial charge in [0.2, 0.25) is 0 Å². The molecule has 0 heterocycles. The summed E-state index contributed by atoms with van der Waals surface area (Å²) in [5, 5.41) is 2.68. The third-order valence-corrected chi connectivity index (χ3v) is 4.18. The van der Waals surface area contributed by atoms with E-state index < -0.39 is 12.0 Å². The second kappa shape index (κ2) is 8.81. The zero-order valence-corrected chi connectivity index (χ0v) is 15.1. The first-order valence-corrected chi connectivity index (χ1v) is 8.80. The molecule has 0 saturated heterocycles. The summed E-state index contributed by atoms with van der Waals surface area (Å²) in [6.45, 7) is 1.80. The Morgan fingerprint density at radius 1 is 0.815 bits per heavy atom. The smallest absolute Gasteiger partial charge is 0.328 e. The van der Waals surface area contributed by atoms with Gasteiger partial charge in [0.1, 0.15) is 12.6 Å². The molecule has 0 aromatic heterocycles. The molecule has 3 aromatic rings. The molecule has 0 fully saturated rings. The molecule has 0 saturated carbocycles. The summed E-state index contributed by atoms with van der Waals surface area (Å²) < 4.78 is 5.25. The van der Waals surface area contributed by atoms with E-state index in [-0.39, 0.29) is 12.5 Å². The normalized spacial score (nSPS) is 11.4. The fraction of sp³-hybridized carbons (Fsp3) is 0.130. The van der Waals surface area contributed by atoms with Crippen LogP contribution in [-0.2, 0) is 16.1 Å². The standard InChI is InChI=1S/C23H21NO3/c1-17(23(26)27-16-18-8-4-2-5-9-18)24-22(25)21-14-12-20(13-15-21)19-10-6-3-7-11-19/h2-15,17H,16H2,1H3,(H,24,25). The van der Waals surface area contributed by atoms with Crippen LogP contribution in [0.1, 0.15) is 22.8 Å². The number of carbonyl (C=O) groups excluding carboxylic acids is 2. The summed E-state index contributed by atoms with van der Waals surface area (Å²) >= 11 is 0. The SMILES string of the molecule is CC(NC(=O)c1ccc(-c2ccccc2)cc1)C(=O)OCc1ccccc1. The molecule has 0 spiro atoms. The number of esters is 1. The third-order valence-electron chi connectivity index (χ3n) is 4.18. The van der Waals surface area contributed by atoms with E-state index in [0.717, 1.165) is 16.7 Å². The van der Waals surface area contributed by atoms with Crippen molar-refractivity contribution in [3.05, 3.63) is 96.1 Å². The first kappa shape index (κ1) is 18.4. The molecule has 0 aliphatic rings. The Bertz CT molecular complexity index is 890. The van der Waals surface area contributed by atoms with Gasteiger partial charge in [-0.25, -0.2) is 4.79 Å². The van der Waals surface area contributed by atoms with E-state index in [1.807, 2.05) is 72.8 Å². The van der Waals surface area contributed by atoms with Gasteiger partial charge < -0.3 is 10.1 Å². The van der Waals surface area contributed by atoms with Crippen LogP contribution in [-0.4, -0.2) is 17.9 Å². The van der Waals surface area contributed by atoms with Gasteiger partial charge in [0, 0.05) is 5.56 Å². The molecule has 1 N–H and O–H groups in total. The zero-order valence-electron chi connectivity index (χ0n) is 15.1. The van der Waals surface area contributed by atoms with Crippen LogP contribution in [0.25, 0.3) is 11.1 Å². The Balaban J connectivity index is 1.55. The fourth-order valence-electron chi connectivity index (χ4n) is 2.64. The van der Waals surface area contributed by atoms with Gasteiger partial charge in [-0.3, -0.25) is 4.79 Å². The van der Waals surface area contributed by atoms with Crippen molar-refractivity contribution in [2.45, 2.75) is 19.6 Å². The minimum absolute atomic E-state index is 0.186. The molecule has 1 unspecified atom stereocenters. The third kappa shape index (κ3) is 5.05. The Morgan fingerprint density at radius 3 is 2.00 bits per heavy atom. The average molecular weight is 359 g/mol. The summed E-state index contributed by atoms with van der Waals surface area (Å²) in [6, 6.07) is 25.9. The van der Waals surface area contributed by atoms with Crippen molar-refractivity contribution in [2.24, 2.45) is 0 Å². The van der Waals surface area contributed by atoms with Gasteiger partial charge in [0.25, 0.3) is 5.91 Å². The van der Waals surface area contributed by atoms with E-state index in [0.29, 0.717) is 5.56 Å². The molecule has 0 bridgehead atoms. The van der Waals surface area contributed by atoms with E-state index in [1.165, 1.54) is 0 Å². The van der Waals surface area contributed by atoms with Crippen molar-refractivity contribution < 1.29 is 14.3 Å². The van der Waals surface area contributed by atoms with Crippen molar-refractivity contribution in [2.75, 3.05) is 0 Å². The largest absolute Gasteiger partial charge is 0.459 e. The van der Waals surface area contributed by atoms with Gasteiger partial charge in [-0.15, -0.1) is 0 Å². The first-order valence-electron chi connectivity index (χ1n) is 8.80. The van der Waals surface area contributed by atoms with Gasteiger partial charge in [-0.1, -0.05) is 72.8 Å². The molecule has 3 rings (SSSR count). The number of nitrogens with one attached hydrogen (secondary N) is 1. The molecule has 4 nitrogen and oxygen atoms in total. The number of hydrogen-bond donors (Lipinski definition) is 1. The molecule has 1 atom stereocenters. The van der Waals surface area contributed by atoms with Gasteiger partial charge in [0.05, 0.1) is 0 Å².